The number of H-pyrrole nitrogens is 1. The second-order valence-electron chi connectivity index (χ2n) is 8.05. The predicted molar refractivity (Wildman–Crippen MR) is 137 cm³/mol. The molecular formula is C24H24Cl2FN5O5. The number of pyridine rings is 1. The summed E-state index contributed by atoms with van der Waals surface area (Å²) in [6.45, 7) is 3.09. The molecule has 37 heavy (non-hydrogen) atoms. The number of amides is 1. The number of carbonyl (C=O) groups excluding carboxylic acids is 1. The Bertz CT molecular complexity index is 1460. The highest BCUT2D eigenvalue weighted by atomic mass is 35.5. The van der Waals surface area contributed by atoms with Crippen molar-refractivity contribution in [2.45, 2.75) is 18.6 Å². The van der Waals surface area contributed by atoms with Crippen molar-refractivity contribution in [3.63, 3.8) is 0 Å². The van der Waals surface area contributed by atoms with Gasteiger partial charge in [-0.05, 0) is 12.1 Å². The van der Waals surface area contributed by atoms with Gasteiger partial charge in [0.05, 0.1) is 61.7 Å². The largest absolute Gasteiger partial charge is 0.495 e. The summed E-state index contributed by atoms with van der Waals surface area (Å²) in [7, 11) is 2.86. The number of nitrogens with one attached hydrogen (secondary N) is 2. The summed E-state index contributed by atoms with van der Waals surface area (Å²) in [5, 5.41) is 3.50. The average molecular weight is 552 g/mol. The molecule has 3 aromatic rings. The third-order valence-electron chi connectivity index (χ3n) is 5.88. The minimum atomic E-state index is -0.736. The number of benzene rings is 1. The van der Waals surface area contributed by atoms with Crippen molar-refractivity contribution in [3.8, 4) is 22.6 Å². The van der Waals surface area contributed by atoms with Gasteiger partial charge in [-0.25, -0.2) is 14.4 Å². The Morgan fingerprint density at radius 1 is 1.32 bits per heavy atom. The zero-order valence-corrected chi connectivity index (χ0v) is 21.5. The smallest absolute Gasteiger partial charge is 0.257 e. The topological polar surface area (TPSA) is 120 Å². The van der Waals surface area contributed by atoms with Crippen molar-refractivity contribution in [3.05, 3.63) is 57.0 Å². The van der Waals surface area contributed by atoms with E-state index >= 15 is 0 Å². The molecule has 2 atom stereocenters. The van der Waals surface area contributed by atoms with E-state index in [4.69, 9.17) is 37.4 Å². The van der Waals surface area contributed by atoms with Crippen LogP contribution in [-0.2, 0) is 16.1 Å². The maximum absolute atomic E-state index is 13.6. The molecule has 1 aliphatic heterocycles. The number of nitrogens with zero attached hydrogens (tertiary/aromatic N) is 3. The van der Waals surface area contributed by atoms with Crippen LogP contribution >= 0.6 is 23.2 Å². The molecule has 1 fully saturated rings. The van der Waals surface area contributed by atoms with E-state index in [-0.39, 0.29) is 64.0 Å². The van der Waals surface area contributed by atoms with E-state index in [1.807, 2.05) is 0 Å². The molecule has 3 heterocycles. The van der Waals surface area contributed by atoms with E-state index in [2.05, 4.69) is 26.9 Å². The molecule has 13 heteroatoms. The standard InChI is InChI=1S/C24H24Cl2FN5O5/c1-4-18(33)29-14-10-37-11-15(14)30-24-28-9-12-7-13(23(34)31-22(12)32(24)6-5-27)19-20(25)16(35-2)8-17(36-3)21(19)26/h4,7-9,14-15H,1,5-6,10-11H2,2-3H3,(H,29,33)(H,31,34)/t14-,15+/m0/s1. The molecule has 1 saturated heterocycles. The van der Waals surface area contributed by atoms with Gasteiger partial charge in [0.15, 0.2) is 0 Å². The highest BCUT2D eigenvalue weighted by Gasteiger charge is 2.29. The zero-order valence-electron chi connectivity index (χ0n) is 20.0. The first-order chi connectivity index (χ1) is 17.8. The Morgan fingerprint density at radius 3 is 2.65 bits per heavy atom. The number of fused-ring (bicyclic) bond motifs is 1. The summed E-state index contributed by atoms with van der Waals surface area (Å²) in [5.41, 5.74) is 0.303. The SMILES string of the molecule is C=CC(=O)N[C@H]1COC[C@H]1N=c1ncc2cc(-c3c(Cl)c(OC)cc(OC)c3Cl)c(=O)[nH]c2n1CCF. The van der Waals surface area contributed by atoms with Gasteiger partial charge in [-0.3, -0.25) is 14.2 Å². The Balaban J connectivity index is 1.88. The van der Waals surface area contributed by atoms with Crippen LogP contribution in [0, 0.1) is 0 Å². The quantitative estimate of drug-likeness (QED) is 0.415. The molecule has 196 valence electrons. The number of aromatic amines is 1. The normalized spacial score (nSPS) is 17.7. The Hall–Kier alpha value is -3.41. The van der Waals surface area contributed by atoms with Crippen LogP contribution in [0.2, 0.25) is 10.0 Å². The van der Waals surface area contributed by atoms with Crippen LogP contribution in [0.5, 0.6) is 11.5 Å². The molecule has 0 radical (unpaired) electrons. The molecule has 4 rings (SSSR count). The number of aromatic nitrogens is 3. The Kier molecular flexibility index (Phi) is 8.16. The van der Waals surface area contributed by atoms with Gasteiger partial charge in [0.1, 0.15) is 23.8 Å². The first-order valence-electron chi connectivity index (χ1n) is 11.2. The Labute approximate surface area is 220 Å². The molecule has 1 amide bonds. The monoisotopic (exact) mass is 551 g/mol. The maximum atomic E-state index is 13.6. The van der Waals surface area contributed by atoms with Gasteiger partial charge in [0, 0.05) is 23.2 Å². The number of hydrogen-bond acceptors (Lipinski definition) is 7. The van der Waals surface area contributed by atoms with Gasteiger partial charge in [-0.15, -0.1) is 0 Å². The number of rotatable bonds is 8. The molecule has 1 aromatic carbocycles. The van der Waals surface area contributed by atoms with Crippen LogP contribution in [0.25, 0.3) is 22.2 Å². The third kappa shape index (κ3) is 5.20. The second kappa shape index (κ2) is 11.3. The number of halogens is 3. The van der Waals surface area contributed by atoms with Crippen molar-refractivity contribution in [2.24, 2.45) is 4.99 Å². The lowest BCUT2D eigenvalue weighted by Gasteiger charge is -2.17. The van der Waals surface area contributed by atoms with E-state index < -0.39 is 24.3 Å². The molecule has 0 bridgehead atoms. The number of carbonyl (C=O) groups is 1. The van der Waals surface area contributed by atoms with Gasteiger partial charge in [-0.2, -0.15) is 0 Å². The van der Waals surface area contributed by atoms with Crippen molar-refractivity contribution >= 4 is 40.1 Å². The first kappa shape index (κ1) is 26.6. The molecule has 2 aromatic heterocycles. The van der Waals surface area contributed by atoms with Crippen LogP contribution in [0.3, 0.4) is 0 Å². The molecule has 0 aliphatic carbocycles. The Morgan fingerprint density at radius 2 is 2.03 bits per heavy atom. The highest BCUT2D eigenvalue weighted by molar-refractivity contribution is 6.41. The third-order valence-corrected chi connectivity index (χ3v) is 6.63. The van der Waals surface area contributed by atoms with E-state index in [1.54, 1.807) is 6.07 Å². The lowest BCUT2D eigenvalue weighted by molar-refractivity contribution is -0.117. The summed E-state index contributed by atoms with van der Waals surface area (Å²) >= 11 is 13.0. The van der Waals surface area contributed by atoms with E-state index in [9.17, 15) is 14.0 Å². The first-order valence-corrected chi connectivity index (χ1v) is 11.9. The van der Waals surface area contributed by atoms with E-state index in [0.717, 1.165) is 6.08 Å². The van der Waals surface area contributed by atoms with Crippen molar-refractivity contribution in [1.29, 1.82) is 0 Å². The van der Waals surface area contributed by atoms with Crippen LogP contribution in [0.15, 0.2) is 40.8 Å². The maximum Gasteiger partial charge on any atom is 0.257 e. The second-order valence-corrected chi connectivity index (χ2v) is 8.81. The van der Waals surface area contributed by atoms with Crippen LogP contribution in [0.1, 0.15) is 0 Å². The molecule has 1 aliphatic rings. The number of ether oxygens (including phenoxy) is 3. The van der Waals surface area contributed by atoms with Gasteiger partial charge >= 0.3 is 0 Å². The molecule has 10 nitrogen and oxygen atoms in total. The van der Waals surface area contributed by atoms with Crippen LogP contribution < -0.4 is 26.0 Å². The number of hydrogen-bond donors (Lipinski definition) is 2. The fraction of sp³-hybridized carbons (Fsp3) is 0.333. The lowest BCUT2D eigenvalue weighted by Crippen LogP contribution is -2.42. The van der Waals surface area contributed by atoms with Gasteiger partial charge in [0.2, 0.25) is 11.5 Å². The summed E-state index contributed by atoms with van der Waals surface area (Å²) in [6.07, 6.45) is 2.65. The predicted octanol–water partition coefficient (Wildman–Crippen LogP) is 2.66. The number of methoxy groups -OCH3 is 2. The van der Waals surface area contributed by atoms with E-state index in [1.165, 1.54) is 31.0 Å². The summed E-state index contributed by atoms with van der Waals surface area (Å²) in [6, 6.07) is 2.20. The van der Waals surface area contributed by atoms with Gasteiger partial charge < -0.3 is 24.5 Å². The number of aryl methyl sites for hydroxylation is 1. The minimum absolute atomic E-state index is 0.121. The molecule has 0 spiro atoms. The van der Waals surface area contributed by atoms with Crippen LogP contribution in [-0.4, -0.2) is 66.6 Å². The molecule has 2 N–H and O–H groups in total. The zero-order chi connectivity index (χ0) is 26.7. The van der Waals surface area contributed by atoms with E-state index in [0.29, 0.717) is 11.0 Å². The minimum Gasteiger partial charge on any atom is -0.495 e. The van der Waals surface area contributed by atoms with Crippen molar-refractivity contribution in [1.82, 2.24) is 19.9 Å². The highest BCUT2D eigenvalue weighted by Crippen LogP contribution is 2.45. The summed E-state index contributed by atoms with van der Waals surface area (Å²) < 4.78 is 31.1. The summed E-state index contributed by atoms with van der Waals surface area (Å²) in [5.74, 6) is 0.185. The van der Waals surface area contributed by atoms with Gasteiger partial charge in [0.25, 0.3) is 5.56 Å². The molecular weight excluding hydrogens is 528 g/mol. The van der Waals surface area contributed by atoms with Gasteiger partial charge in [-0.1, -0.05) is 29.8 Å². The van der Waals surface area contributed by atoms with Crippen molar-refractivity contribution < 1.29 is 23.4 Å². The van der Waals surface area contributed by atoms with Crippen LogP contribution in [0.4, 0.5) is 4.39 Å². The average Bonchev–Trinajstić information content (AvgIpc) is 3.32. The fourth-order valence-corrected chi connectivity index (χ4v) is 4.76. The molecule has 0 saturated carbocycles. The number of alkyl halides is 1. The van der Waals surface area contributed by atoms with Crippen molar-refractivity contribution in [2.75, 3.05) is 34.1 Å². The molecule has 0 unspecified atom stereocenters. The summed E-state index contributed by atoms with van der Waals surface area (Å²) in [4.78, 5) is 36.8. The lowest BCUT2D eigenvalue weighted by atomic mass is 10.0. The fourth-order valence-electron chi connectivity index (χ4n) is 4.06.